The first-order chi connectivity index (χ1) is 11.8. The molecule has 1 amide bonds. The Bertz CT molecular complexity index is 692. The van der Waals surface area contributed by atoms with E-state index in [9.17, 15) is 18.0 Å². The van der Waals surface area contributed by atoms with Crippen molar-refractivity contribution in [2.24, 2.45) is 0 Å². The Labute approximate surface area is 145 Å². The number of carboxylic acid groups (broad SMARTS) is 1. The van der Waals surface area contributed by atoms with Crippen LogP contribution < -0.4 is 0 Å². The highest BCUT2D eigenvalue weighted by Crippen LogP contribution is 2.11. The molecule has 1 saturated heterocycles. The van der Waals surface area contributed by atoms with Gasteiger partial charge in [-0.2, -0.15) is 4.31 Å². The Hall–Kier alpha value is -2.05. The molecule has 1 unspecified atom stereocenters. The van der Waals surface area contributed by atoms with Crippen LogP contribution in [0.4, 0.5) is 0 Å². The number of nitrogens with zero attached hydrogens (tertiary/aromatic N) is 5. The van der Waals surface area contributed by atoms with Gasteiger partial charge >= 0.3 is 5.97 Å². The van der Waals surface area contributed by atoms with E-state index in [-0.39, 0.29) is 32.0 Å². The first kappa shape index (κ1) is 19.3. The first-order valence-electron chi connectivity index (χ1n) is 7.66. The zero-order valence-corrected chi connectivity index (χ0v) is 14.6. The maximum absolute atomic E-state index is 12.3. The molecule has 0 aromatic carbocycles. The maximum atomic E-state index is 12.3. The van der Waals surface area contributed by atoms with Gasteiger partial charge in [0.15, 0.2) is 0 Å². The molecule has 1 fully saturated rings. The van der Waals surface area contributed by atoms with E-state index in [1.54, 1.807) is 15.8 Å². The fourth-order valence-electron chi connectivity index (χ4n) is 2.47. The Balaban J connectivity index is 1.90. The van der Waals surface area contributed by atoms with E-state index in [0.717, 1.165) is 10.6 Å². The predicted molar refractivity (Wildman–Crippen MR) is 85.0 cm³/mol. The summed E-state index contributed by atoms with van der Waals surface area (Å²) in [5, 5.41) is 16.3. The van der Waals surface area contributed by atoms with Gasteiger partial charge in [0.1, 0.15) is 6.54 Å². The van der Waals surface area contributed by atoms with E-state index < -0.39 is 28.6 Å². The highest BCUT2D eigenvalue weighted by atomic mass is 32.2. The second-order valence-electron chi connectivity index (χ2n) is 5.70. The van der Waals surface area contributed by atoms with E-state index in [2.05, 4.69) is 10.3 Å². The Morgan fingerprint density at radius 1 is 1.44 bits per heavy atom. The molecule has 0 aliphatic carbocycles. The molecule has 1 aromatic heterocycles. The first-order valence-corrected chi connectivity index (χ1v) is 9.51. The van der Waals surface area contributed by atoms with Gasteiger partial charge < -0.3 is 14.7 Å². The van der Waals surface area contributed by atoms with Crippen LogP contribution in [0.15, 0.2) is 12.4 Å². The lowest BCUT2D eigenvalue weighted by atomic mass is 10.2. The number of carbonyl (C=O) groups excluding carboxylic acids is 1. The maximum Gasteiger partial charge on any atom is 0.318 e. The Morgan fingerprint density at radius 3 is 2.80 bits per heavy atom. The lowest BCUT2D eigenvalue weighted by Crippen LogP contribution is -2.51. The van der Waals surface area contributed by atoms with Crippen molar-refractivity contribution in [1.29, 1.82) is 0 Å². The van der Waals surface area contributed by atoms with Crippen molar-refractivity contribution in [2.75, 3.05) is 39.0 Å². The number of amides is 1. The minimum Gasteiger partial charge on any atom is -0.480 e. The SMILES string of the molecule is CS(=O)(=O)N(CC(=O)O)CC1CN(C(=O)CCn2ccnn2)CCO1. The summed E-state index contributed by atoms with van der Waals surface area (Å²) in [6.45, 7) is 0.531. The van der Waals surface area contributed by atoms with Crippen LogP contribution in [-0.2, 0) is 30.9 Å². The fraction of sp³-hybridized carbons (Fsp3) is 0.692. The summed E-state index contributed by atoms with van der Waals surface area (Å²) in [5.74, 6) is -1.35. The van der Waals surface area contributed by atoms with Gasteiger partial charge in [-0.1, -0.05) is 5.21 Å². The van der Waals surface area contributed by atoms with E-state index in [1.165, 1.54) is 6.20 Å². The number of aliphatic carboxylic acids is 1. The second kappa shape index (κ2) is 8.36. The minimum absolute atomic E-state index is 0.104. The molecular formula is C13H21N5O6S. The number of morpholine rings is 1. The lowest BCUT2D eigenvalue weighted by Gasteiger charge is -2.35. The Morgan fingerprint density at radius 2 is 2.20 bits per heavy atom. The number of aromatic nitrogens is 3. The molecule has 140 valence electrons. The largest absolute Gasteiger partial charge is 0.480 e. The average Bonchev–Trinajstić information content (AvgIpc) is 3.04. The third-order valence-corrected chi connectivity index (χ3v) is 4.92. The molecule has 0 spiro atoms. The summed E-state index contributed by atoms with van der Waals surface area (Å²) in [7, 11) is -3.69. The monoisotopic (exact) mass is 375 g/mol. The number of carbonyl (C=O) groups is 2. The number of carboxylic acids is 1. The lowest BCUT2D eigenvalue weighted by molar-refractivity contribution is -0.141. The molecule has 0 bridgehead atoms. The Kier molecular flexibility index (Phi) is 6.45. The van der Waals surface area contributed by atoms with Gasteiger partial charge in [-0.15, -0.1) is 5.10 Å². The normalized spacial score (nSPS) is 18.5. The van der Waals surface area contributed by atoms with Gasteiger partial charge in [-0.25, -0.2) is 8.42 Å². The highest BCUT2D eigenvalue weighted by Gasteiger charge is 2.29. The molecule has 1 atom stereocenters. The summed E-state index contributed by atoms with van der Waals surface area (Å²) < 4.78 is 31.3. The highest BCUT2D eigenvalue weighted by molar-refractivity contribution is 7.88. The molecule has 1 aliphatic rings. The van der Waals surface area contributed by atoms with Crippen LogP contribution in [0.25, 0.3) is 0 Å². The number of hydrogen-bond donors (Lipinski definition) is 1. The summed E-state index contributed by atoms with van der Waals surface area (Å²) in [4.78, 5) is 24.7. The van der Waals surface area contributed by atoms with Crippen molar-refractivity contribution < 1.29 is 27.9 Å². The van der Waals surface area contributed by atoms with Gasteiger partial charge in [0.25, 0.3) is 0 Å². The van der Waals surface area contributed by atoms with E-state index in [1.807, 2.05) is 0 Å². The van der Waals surface area contributed by atoms with E-state index >= 15 is 0 Å². The molecular weight excluding hydrogens is 354 g/mol. The molecule has 1 aliphatic heterocycles. The van der Waals surface area contributed by atoms with Crippen LogP contribution in [0.5, 0.6) is 0 Å². The number of hydrogen-bond acceptors (Lipinski definition) is 7. The topological polar surface area (TPSA) is 135 Å². The van der Waals surface area contributed by atoms with E-state index in [0.29, 0.717) is 13.1 Å². The van der Waals surface area contributed by atoms with Crippen molar-refractivity contribution in [3.05, 3.63) is 12.4 Å². The molecule has 11 nitrogen and oxygen atoms in total. The number of sulfonamides is 1. The predicted octanol–water partition coefficient (Wildman–Crippen LogP) is -1.76. The molecule has 25 heavy (non-hydrogen) atoms. The zero-order chi connectivity index (χ0) is 18.4. The van der Waals surface area contributed by atoms with Crippen molar-refractivity contribution in [2.45, 2.75) is 19.1 Å². The average molecular weight is 375 g/mol. The van der Waals surface area contributed by atoms with Gasteiger partial charge in [-0.05, 0) is 0 Å². The fourth-order valence-corrected chi connectivity index (χ4v) is 3.25. The molecule has 0 saturated carbocycles. The molecule has 1 aromatic rings. The molecule has 2 rings (SSSR count). The number of aryl methyl sites for hydroxylation is 1. The van der Waals surface area contributed by atoms with Gasteiger partial charge in [0.05, 0.1) is 31.7 Å². The number of ether oxygens (including phenoxy) is 1. The third-order valence-electron chi connectivity index (χ3n) is 3.71. The van der Waals surface area contributed by atoms with Crippen LogP contribution in [0.2, 0.25) is 0 Å². The van der Waals surface area contributed by atoms with Gasteiger partial charge in [0, 0.05) is 32.3 Å². The van der Waals surface area contributed by atoms with Crippen LogP contribution in [0.1, 0.15) is 6.42 Å². The standard InChI is InChI=1S/C13H21N5O6S/c1-25(22,23)18(10-13(20)21)9-11-8-16(6-7-24-11)12(19)2-4-17-5-3-14-15-17/h3,5,11H,2,4,6-10H2,1H3,(H,20,21). The summed E-state index contributed by atoms with van der Waals surface area (Å²) in [6, 6.07) is 0. The quantitative estimate of drug-likeness (QED) is 0.565. The van der Waals surface area contributed by atoms with Crippen LogP contribution in [0, 0.1) is 0 Å². The second-order valence-corrected chi connectivity index (χ2v) is 7.68. The van der Waals surface area contributed by atoms with Crippen molar-refractivity contribution >= 4 is 21.9 Å². The minimum atomic E-state index is -3.69. The van der Waals surface area contributed by atoms with E-state index in [4.69, 9.17) is 9.84 Å². The number of rotatable bonds is 8. The van der Waals surface area contributed by atoms with Crippen molar-refractivity contribution in [3.8, 4) is 0 Å². The van der Waals surface area contributed by atoms with Crippen molar-refractivity contribution in [1.82, 2.24) is 24.2 Å². The van der Waals surface area contributed by atoms with Gasteiger partial charge in [0.2, 0.25) is 15.9 Å². The summed E-state index contributed by atoms with van der Waals surface area (Å²) in [6.07, 6.45) is 3.79. The molecule has 2 heterocycles. The molecule has 12 heteroatoms. The molecule has 0 radical (unpaired) electrons. The van der Waals surface area contributed by atoms with Crippen LogP contribution >= 0.6 is 0 Å². The zero-order valence-electron chi connectivity index (χ0n) is 13.8. The third kappa shape index (κ3) is 6.07. The van der Waals surface area contributed by atoms with Crippen LogP contribution in [0.3, 0.4) is 0 Å². The van der Waals surface area contributed by atoms with Crippen LogP contribution in [-0.4, -0.2) is 94.7 Å². The molecule has 1 N–H and O–H groups in total. The smallest absolute Gasteiger partial charge is 0.318 e. The van der Waals surface area contributed by atoms with Crippen molar-refractivity contribution in [3.63, 3.8) is 0 Å². The summed E-state index contributed by atoms with van der Waals surface area (Å²) in [5.41, 5.74) is 0. The van der Waals surface area contributed by atoms with Gasteiger partial charge in [-0.3, -0.25) is 14.3 Å². The summed E-state index contributed by atoms with van der Waals surface area (Å²) >= 11 is 0.